The molecule has 0 aliphatic rings. The monoisotopic (exact) mass is 228 g/mol. The minimum absolute atomic E-state index is 0.0638. The molecule has 16 heavy (non-hydrogen) atoms. The molecule has 1 atom stereocenters. The van der Waals surface area contributed by atoms with Gasteiger partial charge in [0.05, 0.1) is 25.8 Å². The number of nitrogens with one attached hydrogen (secondary N) is 1. The highest BCUT2D eigenvalue weighted by Gasteiger charge is 2.06. The highest BCUT2D eigenvalue weighted by atomic mass is 16.5. The first-order valence-electron chi connectivity index (χ1n) is 5.30. The lowest BCUT2D eigenvalue weighted by molar-refractivity contribution is 0.0285. The second kappa shape index (κ2) is 7.40. The van der Waals surface area contributed by atoms with Crippen LogP contribution in [0.3, 0.4) is 0 Å². The minimum Gasteiger partial charge on any atom is -0.463 e. The van der Waals surface area contributed by atoms with Gasteiger partial charge in [-0.3, -0.25) is 0 Å². The van der Waals surface area contributed by atoms with Crippen LogP contribution >= 0.6 is 0 Å². The number of ether oxygens (including phenoxy) is 2. The van der Waals surface area contributed by atoms with E-state index in [0.29, 0.717) is 19.7 Å². The van der Waals surface area contributed by atoms with Crippen molar-refractivity contribution in [3.05, 3.63) is 23.7 Å². The molecule has 0 bridgehead atoms. The number of furan rings is 1. The summed E-state index contributed by atoms with van der Waals surface area (Å²) in [4.78, 5) is 0. The van der Waals surface area contributed by atoms with Crippen LogP contribution in [0.5, 0.6) is 0 Å². The largest absolute Gasteiger partial charge is 0.463 e. The summed E-state index contributed by atoms with van der Waals surface area (Å²) in [5, 5.41) is 3.24. The molecule has 0 fully saturated rings. The Kier molecular flexibility index (Phi) is 6.10. The molecule has 0 spiro atoms. The van der Waals surface area contributed by atoms with Gasteiger partial charge in [0.2, 0.25) is 0 Å². The van der Waals surface area contributed by atoms with Crippen molar-refractivity contribution < 1.29 is 13.9 Å². The Bertz CT molecular complexity index is 289. The molecule has 5 nitrogen and oxygen atoms in total. The van der Waals surface area contributed by atoms with Crippen LogP contribution in [-0.4, -0.2) is 33.5 Å². The number of hydrogen-bond donors (Lipinski definition) is 2. The maximum Gasteiger partial charge on any atom is 0.118 e. The van der Waals surface area contributed by atoms with Gasteiger partial charge in [0.1, 0.15) is 11.5 Å². The topological polar surface area (TPSA) is 69.7 Å². The van der Waals surface area contributed by atoms with Gasteiger partial charge in [-0.2, -0.15) is 0 Å². The predicted octanol–water partition coefficient (Wildman–Crippen LogP) is 0.489. The Morgan fingerprint density at radius 3 is 2.69 bits per heavy atom. The van der Waals surface area contributed by atoms with E-state index in [1.807, 2.05) is 12.1 Å². The van der Waals surface area contributed by atoms with E-state index >= 15 is 0 Å². The van der Waals surface area contributed by atoms with Crippen LogP contribution in [0.2, 0.25) is 0 Å². The first-order valence-corrected chi connectivity index (χ1v) is 5.30. The Balaban J connectivity index is 2.23. The number of hydrogen-bond acceptors (Lipinski definition) is 5. The Labute approximate surface area is 95.9 Å². The van der Waals surface area contributed by atoms with Crippen LogP contribution in [0.1, 0.15) is 11.5 Å². The maximum atomic E-state index is 5.45. The van der Waals surface area contributed by atoms with Gasteiger partial charge >= 0.3 is 0 Å². The summed E-state index contributed by atoms with van der Waals surface area (Å²) in [5.74, 6) is 1.68. The normalized spacial score (nSPS) is 12.9. The van der Waals surface area contributed by atoms with Crippen LogP contribution < -0.4 is 11.1 Å². The fraction of sp³-hybridized carbons (Fsp3) is 0.636. The molecule has 1 aromatic heterocycles. The Hall–Kier alpha value is -0.880. The zero-order chi connectivity index (χ0) is 11.8. The molecule has 0 aromatic carbocycles. The molecule has 5 heteroatoms. The lowest BCUT2D eigenvalue weighted by Gasteiger charge is -2.14. The molecule has 0 amide bonds. The Morgan fingerprint density at radius 1 is 1.38 bits per heavy atom. The molecule has 1 unspecified atom stereocenters. The highest BCUT2D eigenvalue weighted by Crippen LogP contribution is 2.06. The average molecular weight is 228 g/mol. The van der Waals surface area contributed by atoms with E-state index < -0.39 is 0 Å². The fourth-order valence-electron chi connectivity index (χ4n) is 1.38. The lowest BCUT2D eigenvalue weighted by Crippen LogP contribution is -2.31. The summed E-state index contributed by atoms with van der Waals surface area (Å²) in [6, 6.07) is 3.81. The van der Waals surface area contributed by atoms with Crippen molar-refractivity contribution in [2.24, 2.45) is 5.73 Å². The van der Waals surface area contributed by atoms with Crippen molar-refractivity contribution in [3.63, 3.8) is 0 Å². The van der Waals surface area contributed by atoms with E-state index in [4.69, 9.17) is 19.6 Å². The molecule has 1 aromatic rings. The van der Waals surface area contributed by atoms with Gasteiger partial charge in [-0.05, 0) is 12.1 Å². The maximum absolute atomic E-state index is 5.45. The fourth-order valence-corrected chi connectivity index (χ4v) is 1.38. The third-order valence-electron chi connectivity index (χ3n) is 2.28. The zero-order valence-corrected chi connectivity index (χ0v) is 9.86. The standard InChI is InChI=1S/C11H20N2O3/c1-14-8-11(15-2)7-13-6-10-4-3-9(5-12)16-10/h3-4,11,13H,5-8,12H2,1-2H3. The van der Waals surface area contributed by atoms with Gasteiger partial charge in [0.25, 0.3) is 0 Å². The summed E-state index contributed by atoms with van der Waals surface area (Å²) in [7, 11) is 3.33. The molecule has 1 rings (SSSR count). The van der Waals surface area contributed by atoms with E-state index in [-0.39, 0.29) is 6.10 Å². The van der Waals surface area contributed by atoms with Gasteiger partial charge in [0, 0.05) is 20.8 Å². The summed E-state index contributed by atoms with van der Waals surface area (Å²) < 4.78 is 15.7. The van der Waals surface area contributed by atoms with Crippen molar-refractivity contribution in [2.75, 3.05) is 27.4 Å². The molecule has 0 saturated carbocycles. The van der Waals surface area contributed by atoms with Crippen molar-refractivity contribution in [2.45, 2.75) is 19.2 Å². The van der Waals surface area contributed by atoms with E-state index in [1.165, 1.54) is 0 Å². The van der Waals surface area contributed by atoms with E-state index in [0.717, 1.165) is 18.1 Å². The first kappa shape index (κ1) is 13.2. The molecule has 0 radical (unpaired) electrons. The second-order valence-electron chi connectivity index (χ2n) is 3.52. The van der Waals surface area contributed by atoms with Crippen LogP contribution in [0.4, 0.5) is 0 Å². The summed E-state index contributed by atoms with van der Waals surface area (Å²) in [5.41, 5.74) is 5.45. The number of rotatable bonds is 8. The molecular formula is C11H20N2O3. The second-order valence-corrected chi connectivity index (χ2v) is 3.52. The molecule has 1 heterocycles. The molecule has 0 aliphatic carbocycles. The van der Waals surface area contributed by atoms with E-state index in [2.05, 4.69) is 5.32 Å². The summed E-state index contributed by atoms with van der Waals surface area (Å²) in [6.45, 7) is 2.41. The van der Waals surface area contributed by atoms with E-state index in [1.54, 1.807) is 14.2 Å². The average Bonchev–Trinajstić information content (AvgIpc) is 2.76. The predicted molar refractivity (Wildman–Crippen MR) is 61.0 cm³/mol. The van der Waals surface area contributed by atoms with Crippen molar-refractivity contribution in [1.82, 2.24) is 5.32 Å². The summed E-state index contributed by atoms with van der Waals surface area (Å²) >= 11 is 0. The third-order valence-corrected chi connectivity index (χ3v) is 2.28. The lowest BCUT2D eigenvalue weighted by atomic mass is 10.3. The first-order chi connectivity index (χ1) is 7.80. The van der Waals surface area contributed by atoms with Gasteiger partial charge in [-0.15, -0.1) is 0 Å². The van der Waals surface area contributed by atoms with Gasteiger partial charge in [0.15, 0.2) is 0 Å². The molecule has 0 saturated heterocycles. The third kappa shape index (κ3) is 4.32. The molecule has 92 valence electrons. The van der Waals surface area contributed by atoms with E-state index in [9.17, 15) is 0 Å². The van der Waals surface area contributed by atoms with Gasteiger partial charge in [-0.25, -0.2) is 0 Å². The van der Waals surface area contributed by atoms with Crippen LogP contribution in [0.25, 0.3) is 0 Å². The van der Waals surface area contributed by atoms with Crippen molar-refractivity contribution in [3.8, 4) is 0 Å². The smallest absolute Gasteiger partial charge is 0.118 e. The molecular weight excluding hydrogens is 208 g/mol. The molecule has 0 aliphatic heterocycles. The number of nitrogens with two attached hydrogens (primary N) is 1. The van der Waals surface area contributed by atoms with Gasteiger partial charge < -0.3 is 24.9 Å². The quantitative estimate of drug-likeness (QED) is 0.677. The number of methoxy groups -OCH3 is 2. The summed E-state index contributed by atoms with van der Waals surface area (Å²) in [6.07, 6.45) is 0.0638. The Morgan fingerprint density at radius 2 is 2.12 bits per heavy atom. The van der Waals surface area contributed by atoms with Crippen molar-refractivity contribution in [1.29, 1.82) is 0 Å². The SMILES string of the molecule is COCC(CNCc1ccc(CN)o1)OC. The zero-order valence-electron chi connectivity index (χ0n) is 9.86. The highest BCUT2D eigenvalue weighted by molar-refractivity contribution is 5.06. The van der Waals surface area contributed by atoms with Crippen LogP contribution in [-0.2, 0) is 22.6 Å². The van der Waals surface area contributed by atoms with Crippen LogP contribution in [0, 0.1) is 0 Å². The molecule has 3 N–H and O–H groups in total. The van der Waals surface area contributed by atoms with Crippen molar-refractivity contribution >= 4 is 0 Å². The van der Waals surface area contributed by atoms with Crippen LogP contribution in [0.15, 0.2) is 16.5 Å². The minimum atomic E-state index is 0.0638. The van der Waals surface area contributed by atoms with Gasteiger partial charge in [-0.1, -0.05) is 0 Å².